The number of aromatic nitrogens is 1. The highest BCUT2D eigenvalue weighted by Crippen LogP contribution is 2.30. The van der Waals surface area contributed by atoms with Gasteiger partial charge in [0.15, 0.2) is 0 Å². The van der Waals surface area contributed by atoms with Gasteiger partial charge in [0.1, 0.15) is 12.2 Å². The molecule has 3 aromatic rings. The van der Waals surface area contributed by atoms with Crippen LogP contribution in [0.25, 0.3) is 10.8 Å². The first-order valence-electron chi connectivity index (χ1n) is 6.73. The summed E-state index contributed by atoms with van der Waals surface area (Å²) >= 11 is 0. The minimum absolute atomic E-state index is 0.520. The fourth-order valence-corrected chi connectivity index (χ4v) is 2.56. The average molecular weight is 274 g/mol. The zero-order chi connectivity index (χ0) is 14.8. The maximum atomic E-state index is 10.7. The molecule has 3 nitrogen and oxygen atoms in total. The summed E-state index contributed by atoms with van der Waals surface area (Å²) in [5.41, 5.74) is 2.95. The monoisotopic (exact) mass is 274 g/mol. The van der Waals surface area contributed by atoms with Crippen LogP contribution in [0.4, 0.5) is 0 Å². The lowest BCUT2D eigenvalue weighted by atomic mass is 9.96. The Bertz CT molecular complexity index is 849. The standard InChI is InChI=1S/C18H14N2O/c1-12-6-2-3-7-14(12)18(21)17-16-9-5-4-8-15(16)13(10-19)11-20-17/h2-9,11,18,21H,1H3. The quantitative estimate of drug-likeness (QED) is 0.778. The van der Waals surface area contributed by atoms with Gasteiger partial charge < -0.3 is 5.11 Å². The van der Waals surface area contributed by atoms with E-state index in [1.165, 1.54) is 6.20 Å². The molecule has 21 heavy (non-hydrogen) atoms. The zero-order valence-electron chi connectivity index (χ0n) is 11.6. The summed E-state index contributed by atoms with van der Waals surface area (Å²) in [6.45, 7) is 1.96. The van der Waals surface area contributed by atoms with Gasteiger partial charge in [-0.25, -0.2) is 0 Å². The van der Waals surface area contributed by atoms with Crippen molar-refractivity contribution in [3.63, 3.8) is 0 Å². The van der Waals surface area contributed by atoms with E-state index >= 15 is 0 Å². The summed E-state index contributed by atoms with van der Waals surface area (Å²) in [4.78, 5) is 4.32. The lowest BCUT2D eigenvalue weighted by Gasteiger charge is -2.15. The van der Waals surface area contributed by atoms with Gasteiger partial charge in [-0.15, -0.1) is 0 Å². The van der Waals surface area contributed by atoms with Crippen LogP contribution >= 0.6 is 0 Å². The van der Waals surface area contributed by atoms with Crippen molar-refractivity contribution in [2.75, 3.05) is 0 Å². The summed E-state index contributed by atoms with van der Waals surface area (Å²) in [6.07, 6.45) is 0.725. The number of nitrogens with zero attached hydrogens (tertiary/aromatic N) is 2. The van der Waals surface area contributed by atoms with Crippen LogP contribution in [-0.4, -0.2) is 10.1 Å². The summed E-state index contributed by atoms with van der Waals surface area (Å²) in [7, 11) is 0. The van der Waals surface area contributed by atoms with Gasteiger partial charge in [-0.05, 0) is 18.1 Å². The topological polar surface area (TPSA) is 56.9 Å². The van der Waals surface area contributed by atoms with Gasteiger partial charge in [-0.2, -0.15) is 5.26 Å². The SMILES string of the molecule is Cc1ccccc1C(O)c1ncc(C#N)c2ccccc12. The molecule has 0 aliphatic rings. The smallest absolute Gasteiger partial charge is 0.122 e. The molecule has 0 amide bonds. The first-order valence-corrected chi connectivity index (χ1v) is 6.73. The number of benzene rings is 2. The first kappa shape index (κ1) is 13.3. The highest BCUT2D eigenvalue weighted by molar-refractivity contribution is 5.89. The maximum Gasteiger partial charge on any atom is 0.122 e. The molecule has 1 heterocycles. The highest BCUT2D eigenvalue weighted by atomic mass is 16.3. The maximum absolute atomic E-state index is 10.7. The van der Waals surface area contributed by atoms with E-state index in [9.17, 15) is 10.4 Å². The molecule has 1 aromatic heterocycles. The Balaban J connectivity index is 2.22. The van der Waals surface area contributed by atoms with Crippen LogP contribution in [-0.2, 0) is 0 Å². The minimum Gasteiger partial charge on any atom is -0.382 e. The third kappa shape index (κ3) is 2.26. The van der Waals surface area contributed by atoms with Gasteiger partial charge in [0.2, 0.25) is 0 Å². The van der Waals surface area contributed by atoms with E-state index in [0.29, 0.717) is 11.3 Å². The summed E-state index contributed by atoms with van der Waals surface area (Å²) < 4.78 is 0. The van der Waals surface area contributed by atoms with Crippen LogP contribution in [0.15, 0.2) is 54.7 Å². The second kappa shape index (κ2) is 5.35. The van der Waals surface area contributed by atoms with Crippen molar-refractivity contribution in [1.29, 1.82) is 5.26 Å². The number of hydrogen-bond donors (Lipinski definition) is 1. The Kier molecular flexibility index (Phi) is 3.39. The molecule has 2 aromatic carbocycles. The van der Waals surface area contributed by atoms with Crippen LogP contribution in [0.5, 0.6) is 0 Å². The largest absolute Gasteiger partial charge is 0.382 e. The van der Waals surface area contributed by atoms with E-state index in [-0.39, 0.29) is 0 Å². The first-order chi connectivity index (χ1) is 10.2. The van der Waals surface area contributed by atoms with E-state index in [2.05, 4.69) is 11.1 Å². The van der Waals surface area contributed by atoms with Gasteiger partial charge in [-0.3, -0.25) is 4.98 Å². The Morgan fingerprint density at radius 1 is 1.05 bits per heavy atom. The predicted molar refractivity (Wildman–Crippen MR) is 81.7 cm³/mol. The highest BCUT2D eigenvalue weighted by Gasteiger charge is 2.17. The summed E-state index contributed by atoms with van der Waals surface area (Å²) in [5.74, 6) is 0. The van der Waals surface area contributed by atoms with E-state index in [1.54, 1.807) is 0 Å². The Labute approximate surface area is 123 Å². The van der Waals surface area contributed by atoms with Crippen molar-refractivity contribution >= 4 is 10.8 Å². The molecule has 0 fully saturated rings. The molecular formula is C18H14N2O. The molecule has 0 saturated heterocycles. The molecule has 1 unspecified atom stereocenters. The van der Waals surface area contributed by atoms with E-state index in [4.69, 9.17) is 0 Å². The molecule has 3 rings (SSSR count). The van der Waals surface area contributed by atoms with Crippen molar-refractivity contribution < 1.29 is 5.11 Å². The molecule has 1 atom stereocenters. The number of rotatable bonds is 2. The van der Waals surface area contributed by atoms with E-state index < -0.39 is 6.10 Å². The van der Waals surface area contributed by atoms with Crippen LogP contribution < -0.4 is 0 Å². The van der Waals surface area contributed by atoms with Gasteiger partial charge >= 0.3 is 0 Å². The normalized spacial score (nSPS) is 12.0. The van der Waals surface area contributed by atoms with Gasteiger partial charge in [-0.1, -0.05) is 48.5 Å². The molecule has 0 aliphatic heterocycles. The molecule has 3 heteroatoms. The fraction of sp³-hybridized carbons (Fsp3) is 0.111. The van der Waals surface area contributed by atoms with E-state index in [1.807, 2.05) is 55.5 Å². The Morgan fingerprint density at radius 3 is 2.43 bits per heavy atom. The fourth-order valence-electron chi connectivity index (χ4n) is 2.56. The van der Waals surface area contributed by atoms with E-state index in [0.717, 1.165) is 21.9 Å². The number of pyridine rings is 1. The van der Waals surface area contributed by atoms with Crippen LogP contribution in [0.1, 0.15) is 28.5 Å². The Hall–Kier alpha value is -2.70. The lowest BCUT2D eigenvalue weighted by molar-refractivity contribution is 0.216. The van der Waals surface area contributed by atoms with Gasteiger partial charge in [0.05, 0.1) is 11.3 Å². The second-order valence-electron chi connectivity index (χ2n) is 4.97. The molecule has 0 aliphatic carbocycles. The van der Waals surface area contributed by atoms with Crippen molar-refractivity contribution in [3.05, 3.63) is 77.1 Å². The van der Waals surface area contributed by atoms with Crippen molar-refractivity contribution in [3.8, 4) is 6.07 Å². The summed E-state index contributed by atoms with van der Waals surface area (Å²) in [5, 5.41) is 21.5. The van der Waals surface area contributed by atoms with Crippen LogP contribution in [0, 0.1) is 18.3 Å². The third-order valence-corrected chi connectivity index (χ3v) is 3.69. The summed E-state index contributed by atoms with van der Waals surface area (Å²) in [6, 6.07) is 17.4. The number of hydrogen-bond acceptors (Lipinski definition) is 3. The average Bonchev–Trinajstić information content (AvgIpc) is 2.53. The molecule has 0 radical (unpaired) electrons. The molecule has 0 bridgehead atoms. The van der Waals surface area contributed by atoms with Gasteiger partial charge in [0, 0.05) is 17.0 Å². The van der Waals surface area contributed by atoms with Gasteiger partial charge in [0.25, 0.3) is 0 Å². The molecule has 0 spiro atoms. The third-order valence-electron chi connectivity index (χ3n) is 3.69. The molecule has 1 N–H and O–H groups in total. The number of aryl methyl sites for hydroxylation is 1. The van der Waals surface area contributed by atoms with Crippen LogP contribution in [0.3, 0.4) is 0 Å². The number of aliphatic hydroxyl groups is 1. The molecular weight excluding hydrogens is 260 g/mol. The van der Waals surface area contributed by atoms with Crippen molar-refractivity contribution in [1.82, 2.24) is 4.98 Å². The lowest BCUT2D eigenvalue weighted by Crippen LogP contribution is -2.05. The molecule has 0 saturated carbocycles. The predicted octanol–water partition coefficient (Wildman–Crippen LogP) is 3.50. The minimum atomic E-state index is -0.802. The second-order valence-corrected chi connectivity index (χ2v) is 4.97. The number of aliphatic hydroxyl groups excluding tert-OH is 1. The van der Waals surface area contributed by atoms with Crippen molar-refractivity contribution in [2.45, 2.75) is 13.0 Å². The zero-order valence-corrected chi connectivity index (χ0v) is 11.6. The number of fused-ring (bicyclic) bond motifs is 1. The Morgan fingerprint density at radius 2 is 1.71 bits per heavy atom. The number of nitriles is 1. The molecule has 102 valence electrons. The van der Waals surface area contributed by atoms with Crippen molar-refractivity contribution in [2.24, 2.45) is 0 Å². The van der Waals surface area contributed by atoms with Crippen LogP contribution in [0.2, 0.25) is 0 Å².